The van der Waals surface area contributed by atoms with Crippen molar-refractivity contribution in [1.82, 2.24) is 15.3 Å². The Labute approximate surface area is 103 Å². The van der Waals surface area contributed by atoms with E-state index in [0.717, 1.165) is 24.2 Å². The van der Waals surface area contributed by atoms with Crippen molar-refractivity contribution < 1.29 is 0 Å². The van der Waals surface area contributed by atoms with Crippen LogP contribution in [0, 0.1) is 0 Å². The Balaban J connectivity index is 2.17. The van der Waals surface area contributed by atoms with E-state index in [4.69, 9.17) is 0 Å². The van der Waals surface area contributed by atoms with Crippen LogP contribution in [0.3, 0.4) is 0 Å². The van der Waals surface area contributed by atoms with E-state index in [0.29, 0.717) is 5.92 Å². The van der Waals surface area contributed by atoms with E-state index in [1.54, 1.807) is 0 Å². The van der Waals surface area contributed by atoms with Gasteiger partial charge in [0.05, 0.1) is 5.69 Å². The molecule has 1 saturated carbocycles. The normalized spacial score (nSPS) is 15.4. The van der Waals surface area contributed by atoms with Gasteiger partial charge in [0.15, 0.2) is 0 Å². The summed E-state index contributed by atoms with van der Waals surface area (Å²) >= 11 is 0. The van der Waals surface area contributed by atoms with Crippen molar-refractivity contribution in [3.8, 4) is 0 Å². The highest BCUT2D eigenvalue weighted by Gasteiger charge is 2.21. The minimum atomic E-state index is 0.438. The summed E-state index contributed by atoms with van der Waals surface area (Å²) in [5.74, 6) is 1.23. The van der Waals surface area contributed by atoms with Gasteiger partial charge in [0.1, 0.15) is 0 Å². The smallest absolute Gasteiger partial charge is 0.225 e. The first-order chi connectivity index (χ1) is 8.08. The number of nitrogens with zero attached hydrogens (tertiary/aromatic N) is 3. The van der Waals surface area contributed by atoms with Gasteiger partial charge < -0.3 is 10.2 Å². The fraction of sp³-hybridized carbons (Fsp3) is 0.692. The molecule has 4 heteroatoms. The van der Waals surface area contributed by atoms with Gasteiger partial charge >= 0.3 is 0 Å². The maximum Gasteiger partial charge on any atom is 0.225 e. The fourth-order valence-corrected chi connectivity index (χ4v) is 1.80. The number of anilines is 1. The summed E-state index contributed by atoms with van der Waals surface area (Å²) in [6.45, 7) is 5.26. The third kappa shape index (κ3) is 3.16. The van der Waals surface area contributed by atoms with E-state index in [2.05, 4.69) is 29.1 Å². The van der Waals surface area contributed by atoms with Gasteiger partial charge in [0.25, 0.3) is 0 Å². The van der Waals surface area contributed by atoms with E-state index >= 15 is 0 Å². The standard InChI is InChI=1S/C13H22N4/c1-9(2)12-10(7-14-11-5-6-11)8-15-13(16-12)17(3)4/h8-9,11,14H,5-7H2,1-4H3. The van der Waals surface area contributed by atoms with E-state index in [-0.39, 0.29) is 0 Å². The predicted molar refractivity (Wildman–Crippen MR) is 70.3 cm³/mol. The lowest BCUT2D eigenvalue weighted by Crippen LogP contribution is -2.20. The first-order valence-electron chi connectivity index (χ1n) is 6.34. The Morgan fingerprint density at radius 1 is 1.41 bits per heavy atom. The monoisotopic (exact) mass is 234 g/mol. The van der Waals surface area contributed by atoms with Crippen LogP contribution in [0.15, 0.2) is 6.20 Å². The molecule has 1 N–H and O–H groups in total. The van der Waals surface area contributed by atoms with Crippen molar-refractivity contribution in [2.45, 2.75) is 45.2 Å². The van der Waals surface area contributed by atoms with Crippen LogP contribution in [0.2, 0.25) is 0 Å². The predicted octanol–water partition coefficient (Wildman–Crippen LogP) is 1.92. The van der Waals surface area contributed by atoms with Crippen molar-refractivity contribution in [3.63, 3.8) is 0 Å². The average molecular weight is 234 g/mol. The molecule has 2 rings (SSSR count). The molecule has 0 unspecified atom stereocenters. The van der Waals surface area contributed by atoms with Gasteiger partial charge in [0, 0.05) is 38.4 Å². The van der Waals surface area contributed by atoms with E-state index in [9.17, 15) is 0 Å². The molecule has 0 saturated heterocycles. The Morgan fingerprint density at radius 2 is 2.12 bits per heavy atom. The Hall–Kier alpha value is -1.16. The number of rotatable bonds is 5. The van der Waals surface area contributed by atoms with E-state index in [1.807, 2.05) is 25.2 Å². The van der Waals surface area contributed by atoms with Crippen LogP contribution in [0.25, 0.3) is 0 Å². The van der Waals surface area contributed by atoms with Crippen LogP contribution < -0.4 is 10.2 Å². The summed E-state index contributed by atoms with van der Waals surface area (Å²) < 4.78 is 0. The van der Waals surface area contributed by atoms with Gasteiger partial charge in [-0.3, -0.25) is 0 Å². The molecule has 0 amide bonds. The SMILES string of the molecule is CC(C)c1nc(N(C)C)ncc1CNC1CC1. The third-order valence-corrected chi connectivity index (χ3v) is 2.99. The molecular weight excluding hydrogens is 212 g/mol. The van der Waals surface area contributed by atoms with Gasteiger partial charge in [-0.15, -0.1) is 0 Å². The van der Waals surface area contributed by atoms with Crippen molar-refractivity contribution in [2.24, 2.45) is 0 Å². The zero-order valence-electron chi connectivity index (χ0n) is 11.2. The zero-order valence-corrected chi connectivity index (χ0v) is 11.2. The maximum absolute atomic E-state index is 4.64. The highest BCUT2D eigenvalue weighted by Crippen LogP contribution is 2.22. The van der Waals surface area contributed by atoms with Crippen LogP contribution in [0.4, 0.5) is 5.95 Å². The molecule has 1 fully saturated rings. The van der Waals surface area contributed by atoms with Gasteiger partial charge in [0.2, 0.25) is 5.95 Å². The van der Waals surface area contributed by atoms with Crippen LogP contribution >= 0.6 is 0 Å². The molecule has 94 valence electrons. The summed E-state index contributed by atoms with van der Waals surface area (Å²) in [5.41, 5.74) is 2.40. The molecule has 17 heavy (non-hydrogen) atoms. The second-order valence-electron chi connectivity index (χ2n) is 5.28. The lowest BCUT2D eigenvalue weighted by atomic mass is 10.1. The molecule has 0 atom stereocenters. The van der Waals surface area contributed by atoms with Gasteiger partial charge in [-0.2, -0.15) is 0 Å². The summed E-state index contributed by atoms with van der Waals surface area (Å²) in [5, 5.41) is 3.52. The van der Waals surface area contributed by atoms with E-state index in [1.165, 1.54) is 18.4 Å². The quantitative estimate of drug-likeness (QED) is 0.845. The summed E-state index contributed by atoms with van der Waals surface area (Å²) in [4.78, 5) is 11.0. The zero-order chi connectivity index (χ0) is 12.4. The molecule has 0 spiro atoms. The molecular formula is C13H22N4. The molecule has 1 aliphatic carbocycles. The molecule has 4 nitrogen and oxygen atoms in total. The average Bonchev–Trinajstić information content (AvgIpc) is 3.09. The largest absolute Gasteiger partial charge is 0.347 e. The fourth-order valence-electron chi connectivity index (χ4n) is 1.80. The third-order valence-electron chi connectivity index (χ3n) is 2.99. The number of aromatic nitrogens is 2. The molecule has 0 bridgehead atoms. The van der Waals surface area contributed by atoms with E-state index < -0.39 is 0 Å². The summed E-state index contributed by atoms with van der Waals surface area (Å²) in [7, 11) is 3.95. The molecule has 1 heterocycles. The summed E-state index contributed by atoms with van der Waals surface area (Å²) in [6, 6.07) is 0.725. The first kappa shape index (κ1) is 12.3. The minimum absolute atomic E-state index is 0.438. The lowest BCUT2D eigenvalue weighted by Gasteiger charge is -2.16. The van der Waals surface area contributed by atoms with Crippen LogP contribution in [0.1, 0.15) is 43.9 Å². The van der Waals surface area contributed by atoms with Gasteiger partial charge in [-0.25, -0.2) is 9.97 Å². The number of hydrogen-bond acceptors (Lipinski definition) is 4. The minimum Gasteiger partial charge on any atom is -0.347 e. The molecule has 0 aliphatic heterocycles. The summed E-state index contributed by atoms with van der Waals surface area (Å²) in [6.07, 6.45) is 4.59. The van der Waals surface area contributed by atoms with Crippen LogP contribution in [0.5, 0.6) is 0 Å². The Kier molecular flexibility index (Phi) is 3.62. The highest BCUT2D eigenvalue weighted by molar-refractivity contribution is 5.32. The second-order valence-corrected chi connectivity index (χ2v) is 5.28. The Morgan fingerprint density at radius 3 is 2.65 bits per heavy atom. The van der Waals surface area contributed by atoms with Crippen molar-refractivity contribution >= 4 is 5.95 Å². The molecule has 1 aromatic heterocycles. The number of hydrogen-bond donors (Lipinski definition) is 1. The topological polar surface area (TPSA) is 41.1 Å². The van der Waals surface area contributed by atoms with Gasteiger partial charge in [-0.05, 0) is 18.8 Å². The van der Waals surface area contributed by atoms with Crippen LogP contribution in [-0.4, -0.2) is 30.1 Å². The first-order valence-corrected chi connectivity index (χ1v) is 6.34. The van der Waals surface area contributed by atoms with Gasteiger partial charge in [-0.1, -0.05) is 13.8 Å². The second kappa shape index (κ2) is 5.00. The molecule has 1 aromatic rings. The molecule has 0 aromatic carbocycles. The number of nitrogens with one attached hydrogen (secondary N) is 1. The Bertz CT molecular complexity index is 383. The van der Waals surface area contributed by atoms with Crippen molar-refractivity contribution in [3.05, 3.63) is 17.5 Å². The maximum atomic E-state index is 4.64. The molecule has 0 radical (unpaired) electrons. The highest BCUT2D eigenvalue weighted by atomic mass is 15.2. The lowest BCUT2D eigenvalue weighted by molar-refractivity contribution is 0.664. The van der Waals surface area contributed by atoms with Crippen LogP contribution in [-0.2, 0) is 6.54 Å². The van der Waals surface area contributed by atoms with Crippen molar-refractivity contribution in [1.29, 1.82) is 0 Å². The van der Waals surface area contributed by atoms with Crippen molar-refractivity contribution in [2.75, 3.05) is 19.0 Å². The molecule has 1 aliphatic rings.